The molecule has 0 bridgehead atoms. The second-order valence-electron chi connectivity index (χ2n) is 5.53. The minimum Gasteiger partial charge on any atom is -0.444 e. The first-order chi connectivity index (χ1) is 11.9. The van der Waals surface area contributed by atoms with Gasteiger partial charge in [-0.3, -0.25) is 23.5 Å². The van der Waals surface area contributed by atoms with Crippen molar-refractivity contribution in [2.24, 2.45) is 0 Å². The zero-order valence-corrected chi connectivity index (χ0v) is 14.7. The Morgan fingerprint density at radius 2 is 2.28 bits per heavy atom. The van der Waals surface area contributed by atoms with Gasteiger partial charge in [0.1, 0.15) is 11.4 Å². The molecule has 1 aromatic heterocycles. The van der Waals surface area contributed by atoms with Gasteiger partial charge in [-0.25, -0.2) is 4.98 Å². The van der Waals surface area contributed by atoms with Crippen molar-refractivity contribution in [1.82, 2.24) is 15.2 Å². The number of carbonyl (C=O) groups is 3. The third-order valence-corrected chi connectivity index (χ3v) is 6.32. The first-order valence-electron chi connectivity index (χ1n) is 7.43. The van der Waals surface area contributed by atoms with Crippen molar-refractivity contribution in [2.75, 3.05) is 18.2 Å². The van der Waals surface area contributed by atoms with Gasteiger partial charge in [0.2, 0.25) is 0 Å². The van der Waals surface area contributed by atoms with Gasteiger partial charge < -0.3 is 15.8 Å². The standard InChI is InChI=1S/C14H16N4O5S2/c1-7(8-5-24-14(15)16-8)11(20)17-10-12(21)18-6-23-9(19)3-2-4-25(22)13(10)18/h5,10,13H,1-4,6H2,(H2,15,16)(H,17,20)/t10-,13-,25?/m1/s1. The van der Waals surface area contributed by atoms with Crippen molar-refractivity contribution in [3.63, 3.8) is 0 Å². The molecule has 0 spiro atoms. The highest BCUT2D eigenvalue weighted by molar-refractivity contribution is 7.85. The van der Waals surface area contributed by atoms with Crippen LogP contribution in [-0.2, 0) is 29.9 Å². The van der Waals surface area contributed by atoms with Crippen LogP contribution >= 0.6 is 11.3 Å². The topological polar surface area (TPSA) is 132 Å². The summed E-state index contributed by atoms with van der Waals surface area (Å²) in [5.41, 5.74) is 5.93. The number of carbonyl (C=O) groups excluding carboxylic acids is 3. The second-order valence-corrected chi connectivity index (χ2v) is 8.08. The summed E-state index contributed by atoms with van der Waals surface area (Å²) >= 11 is 1.17. The molecular formula is C14H16N4O5S2. The number of hydrogen-bond acceptors (Lipinski definition) is 8. The minimum atomic E-state index is -1.41. The Balaban J connectivity index is 1.71. The Kier molecular flexibility index (Phi) is 4.86. The van der Waals surface area contributed by atoms with Gasteiger partial charge in [-0.05, 0) is 6.42 Å². The van der Waals surface area contributed by atoms with Crippen LogP contribution in [-0.4, -0.2) is 55.8 Å². The molecule has 1 unspecified atom stereocenters. The number of nitrogens with two attached hydrogens (primary N) is 1. The van der Waals surface area contributed by atoms with E-state index in [9.17, 15) is 18.6 Å². The monoisotopic (exact) mass is 384 g/mol. The van der Waals surface area contributed by atoms with E-state index in [2.05, 4.69) is 16.9 Å². The van der Waals surface area contributed by atoms with E-state index in [0.29, 0.717) is 17.2 Å². The normalized spacial score (nSPS) is 26.4. The lowest BCUT2D eigenvalue weighted by Crippen LogP contribution is -2.72. The van der Waals surface area contributed by atoms with E-state index in [-0.39, 0.29) is 24.5 Å². The molecule has 2 saturated heterocycles. The molecule has 9 nitrogen and oxygen atoms in total. The van der Waals surface area contributed by atoms with Crippen molar-refractivity contribution in [3.8, 4) is 0 Å². The number of fused-ring (bicyclic) bond motifs is 1. The van der Waals surface area contributed by atoms with Crippen LogP contribution in [0.3, 0.4) is 0 Å². The van der Waals surface area contributed by atoms with Crippen molar-refractivity contribution in [2.45, 2.75) is 24.3 Å². The van der Waals surface area contributed by atoms with Crippen LogP contribution in [0, 0.1) is 0 Å². The van der Waals surface area contributed by atoms with Gasteiger partial charge in [0.15, 0.2) is 11.9 Å². The fourth-order valence-electron chi connectivity index (χ4n) is 2.55. The van der Waals surface area contributed by atoms with E-state index < -0.39 is 40.0 Å². The number of ether oxygens (including phenoxy) is 1. The Labute approximate surface area is 149 Å². The number of β-lactam (4-membered cyclic amide) rings is 1. The van der Waals surface area contributed by atoms with Crippen LogP contribution in [0.4, 0.5) is 5.13 Å². The molecule has 3 rings (SSSR count). The summed E-state index contributed by atoms with van der Waals surface area (Å²) < 4.78 is 17.4. The number of nitrogens with one attached hydrogen (secondary N) is 1. The van der Waals surface area contributed by atoms with E-state index in [1.54, 1.807) is 5.38 Å². The van der Waals surface area contributed by atoms with Gasteiger partial charge in [-0.1, -0.05) is 6.58 Å². The SMILES string of the molecule is C=C(C(=O)N[C@@H]1C(=O)N2COC(=O)CCCS(=O)[C@H]12)c1csc(N)n1. The average molecular weight is 384 g/mol. The van der Waals surface area contributed by atoms with E-state index in [0.717, 1.165) is 0 Å². The highest BCUT2D eigenvalue weighted by Crippen LogP contribution is 2.26. The van der Waals surface area contributed by atoms with Gasteiger partial charge in [-0.15, -0.1) is 11.3 Å². The summed E-state index contributed by atoms with van der Waals surface area (Å²) in [6.07, 6.45) is 0.551. The molecule has 0 saturated carbocycles. The molecule has 134 valence electrons. The summed E-state index contributed by atoms with van der Waals surface area (Å²) in [4.78, 5) is 41.2. The molecule has 25 heavy (non-hydrogen) atoms. The maximum absolute atomic E-state index is 12.4. The van der Waals surface area contributed by atoms with Crippen LogP contribution in [0.2, 0.25) is 0 Å². The van der Waals surface area contributed by atoms with Crippen LogP contribution in [0.1, 0.15) is 18.5 Å². The molecule has 3 N–H and O–H groups in total. The van der Waals surface area contributed by atoms with Gasteiger partial charge >= 0.3 is 5.97 Å². The zero-order valence-electron chi connectivity index (χ0n) is 13.1. The predicted octanol–water partition coefficient (Wildman–Crippen LogP) is -0.565. The molecule has 3 atom stereocenters. The molecule has 1 aromatic rings. The number of aromatic nitrogens is 1. The fourth-order valence-corrected chi connectivity index (χ4v) is 4.74. The molecule has 2 aliphatic heterocycles. The van der Waals surface area contributed by atoms with E-state index >= 15 is 0 Å². The number of anilines is 1. The highest BCUT2D eigenvalue weighted by atomic mass is 32.2. The molecule has 3 heterocycles. The molecular weight excluding hydrogens is 368 g/mol. The van der Waals surface area contributed by atoms with E-state index in [1.165, 1.54) is 16.2 Å². The number of thiazole rings is 1. The van der Waals surface area contributed by atoms with Crippen LogP contribution in [0.5, 0.6) is 0 Å². The van der Waals surface area contributed by atoms with Crippen molar-refractivity contribution in [1.29, 1.82) is 0 Å². The van der Waals surface area contributed by atoms with Crippen LogP contribution in [0.15, 0.2) is 12.0 Å². The lowest BCUT2D eigenvalue weighted by Gasteiger charge is -2.45. The number of rotatable bonds is 3. The Morgan fingerprint density at radius 1 is 1.52 bits per heavy atom. The molecule has 2 fully saturated rings. The number of hydrogen-bond donors (Lipinski definition) is 2. The van der Waals surface area contributed by atoms with Crippen LogP contribution in [0.25, 0.3) is 5.57 Å². The van der Waals surface area contributed by atoms with Crippen LogP contribution < -0.4 is 11.1 Å². The Hall–Kier alpha value is -2.27. The number of nitrogens with zero attached hydrogens (tertiary/aromatic N) is 2. The number of esters is 1. The third-order valence-electron chi connectivity index (χ3n) is 3.89. The van der Waals surface area contributed by atoms with E-state index in [4.69, 9.17) is 10.5 Å². The minimum absolute atomic E-state index is 0.0690. The summed E-state index contributed by atoms with van der Waals surface area (Å²) in [7, 11) is -1.41. The Morgan fingerprint density at radius 3 is 2.96 bits per heavy atom. The number of cyclic esters (lactones) is 1. The summed E-state index contributed by atoms with van der Waals surface area (Å²) in [6.45, 7) is 3.40. The summed E-state index contributed by atoms with van der Waals surface area (Å²) in [6, 6.07) is -0.946. The second kappa shape index (κ2) is 6.92. The van der Waals surface area contributed by atoms with Gasteiger partial charge in [0, 0.05) is 28.4 Å². The number of amides is 2. The first kappa shape index (κ1) is 17.5. The van der Waals surface area contributed by atoms with Crippen molar-refractivity contribution >= 4 is 50.6 Å². The molecule has 0 radical (unpaired) electrons. The molecule has 0 aliphatic carbocycles. The smallest absolute Gasteiger partial charge is 0.307 e. The van der Waals surface area contributed by atoms with Gasteiger partial charge in [-0.2, -0.15) is 0 Å². The van der Waals surface area contributed by atoms with Gasteiger partial charge in [0.05, 0.1) is 11.3 Å². The quantitative estimate of drug-likeness (QED) is 0.405. The van der Waals surface area contributed by atoms with E-state index in [1.807, 2.05) is 0 Å². The largest absolute Gasteiger partial charge is 0.444 e. The lowest BCUT2D eigenvalue weighted by molar-refractivity contribution is -0.164. The zero-order chi connectivity index (χ0) is 18.1. The summed E-state index contributed by atoms with van der Waals surface area (Å²) in [5.74, 6) is -1.23. The maximum atomic E-state index is 12.4. The maximum Gasteiger partial charge on any atom is 0.307 e. The molecule has 2 aliphatic rings. The van der Waals surface area contributed by atoms with Crippen molar-refractivity contribution < 1.29 is 23.3 Å². The first-order valence-corrected chi connectivity index (χ1v) is 9.69. The van der Waals surface area contributed by atoms with Gasteiger partial charge in [0.25, 0.3) is 11.8 Å². The molecule has 2 amide bonds. The fraction of sp³-hybridized carbons (Fsp3) is 0.429. The average Bonchev–Trinajstić information content (AvgIpc) is 3.02. The molecule has 11 heteroatoms. The lowest BCUT2D eigenvalue weighted by atomic mass is 10.1. The Bertz CT molecular complexity index is 777. The number of nitrogen functional groups attached to an aromatic ring is 1. The molecule has 0 aromatic carbocycles. The highest BCUT2D eigenvalue weighted by Gasteiger charge is 2.52. The predicted molar refractivity (Wildman–Crippen MR) is 91.3 cm³/mol. The third kappa shape index (κ3) is 3.42. The summed E-state index contributed by atoms with van der Waals surface area (Å²) in [5, 5.41) is 3.70. The van der Waals surface area contributed by atoms with Crippen molar-refractivity contribution in [3.05, 3.63) is 17.7 Å².